The van der Waals surface area contributed by atoms with E-state index in [2.05, 4.69) is 17.6 Å². The molecule has 1 aromatic carbocycles. The van der Waals surface area contributed by atoms with E-state index in [1.165, 1.54) is 0 Å². The molecule has 0 spiro atoms. The average Bonchev–Trinajstić information content (AvgIpc) is 2.97. The molecule has 0 aliphatic carbocycles. The molecule has 1 N–H and O–H groups in total. The van der Waals surface area contributed by atoms with Crippen molar-refractivity contribution in [2.75, 3.05) is 30.4 Å². The van der Waals surface area contributed by atoms with Crippen molar-refractivity contribution < 1.29 is 4.79 Å². The second-order valence-electron chi connectivity index (χ2n) is 6.30. The SMILES string of the molecule is CSCC1CCN(C(=O)Nc2ccc(C(C)(C)C#N)cc2)C1. The summed E-state index contributed by atoms with van der Waals surface area (Å²) in [4.78, 5) is 14.1. The molecule has 1 atom stereocenters. The normalized spacial score (nSPS) is 18.1. The van der Waals surface area contributed by atoms with Crippen LogP contribution < -0.4 is 5.32 Å². The molecular weight excluding hydrogens is 294 g/mol. The van der Waals surface area contributed by atoms with Gasteiger partial charge in [-0.25, -0.2) is 4.79 Å². The van der Waals surface area contributed by atoms with E-state index in [0.29, 0.717) is 5.92 Å². The highest BCUT2D eigenvalue weighted by Crippen LogP contribution is 2.24. The van der Waals surface area contributed by atoms with Gasteiger partial charge in [0, 0.05) is 18.8 Å². The van der Waals surface area contributed by atoms with Crippen LogP contribution in [0.3, 0.4) is 0 Å². The molecule has 0 bridgehead atoms. The third-order valence-corrected chi connectivity index (χ3v) is 4.92. The van der Waals surface area contributed by atoms with Crippen LogP contribution in [-0.4, -0.2) is 36.0 Å². The first-order valence-electron chi connectivity index (χ1n) is 7.53. The van der Waals surface area contributed by atoms with E-state index >= 15 is 0 Å². The van der Waals surface area contributed by atoms with Gasteiger partial charge in [-0.05, 0) is 55.9 Å². The van der Waals surface area contributed by atoms with Gasteiger partial charge < -0.3 is 10.2 Å². The number of carbonyl (C=O) groups excluding carboxylic acids is 1. The Bertz CT molecular complexity index is 562. The molecule has 22 heavy (non-hydrogen) atoms. The van der Waals surface area contributed by atoms with Gasteiger partial charge in [0.2, 0.25) is 0 Å². The zero-order valence-corrected chi connectivity index (χ0v) is 14.2. The second kappa shape index (κ2) is 7.06. The molecule has 0 radical (unpaired) electrons. The molecule has 0 saturated carbocycles. The summed E-state index contributed by atoms with van der Waals surface area (Å²) in [6, 6.07) is 9.78. The van der Waals surface area contributed by atoms with Crippen molar-refractivity contribution in [1.29, 1.82) is 5.26 Å². The number of anilines is 1. The second-order valence-corrected chi connectivity index (χ2v) is 7.21. The number of amides is 2. The summed E-state index contributed by atoms with van der Waals surface area (Å²) >= 11 is 1.84. The molecule has 118 valence electrons. The maximum atomic E-state index is 12.3. The Morgan fingerprint density at radius 3 is 2.73 bits per heavy atom. The molecule has 4 nitrogen and oxygen atoms in total. The summed E-state index contributed by atoms with van der Waals surface area (Å²) in [6.45, 7) is 5.44. The molecule has 0 aromatic heterocycles. The summed E-state index contributed by atoms with van der Waals surface area (Å²) in [5, 5.41) is 12.1. The van der Waals surface area contributed by atoms with E-state index in [9.17, 15) is 4.79 Å². The van der Waals surface area contributed by atoms with Gasteiger partial charge in [0.05, 0.1) is 11.5 Å². The molecule has 1 heterocycles. The number of nitrogens with one attached hydrogen (secondary N) is 1. The van der Waals surface area contributed by atoms with Crippen molar-refractivity contribution in [3.05, 3.63) is 29.8 Å². The number of carbonyl (C=O) groups is 1. The maximum absolute atomic E-state index is 12.3. The molecule has 2 rings (SSSR count). The molecule has 1 aromatic rings. The summed E-state index contributed by atoms with van der Waals surface area (Å²) in [5.41, 5.74) is 1.22. The number of rotatable bonds is 4. The van der Waals surface area contributed by atoms with E-state index in [1.54, 1.807) is 0 Å². The molecule has 1 aliphatic heterocycles. The standard InChI is InChI=1S/C17H23N3OS/c1-17(2,12-18)14-4-6-15(7-5-14)19-16(21)20-9-8-13(10-20)11-22-3/h4-7,13H,8-11H2,1-3H3,(H,19,21). The zero-order chi connectivity index (χ0) is 16.2. The van der Waals surface area contributed by atoms with Crippen molar-refractivity contribution >= 4 is 23.5 Å². The smallest absolute Gasteiger partial charge is 0.321 e. The van der Waals surface area contributed by atoms with E-state index in [-0.39, 0.29) is 6.03 Å². The predicted octanol–water partition coefficient (Wildman–Crippen LogP) is 3.70. The van der Waals surface area contributed by atoms with Crippen LogP contribution in [0.15, 0.2) is 24.3 Å². The Labute approximate surface area is 136 Å². The highest BCUT2D eigenvalue weighted by Gasteiger charge is 2.26. The van der Waals surface area contributed by atoms with Gasteiger partial charge in [-0.1, -0.05) is 12.1 Å². The van der Waals surface area contributed by atoms with Crippen LogP contribution in [0.5, 0.6) is 0 Å². The fourth-order valence-corrected chi connectivity index (χ4v) is 3.37. The highest BCUT2D eigenvalue weighted by molar-refractivity contribution is 7.98. The van der Waals surface area contributed by atoms with Crippen LogP contribution in [0, 0.1) is 17.2 Å². The molecular formula is C17H23N3OS. The number of thioether (sulfide) groups is 1. The third kappa shape index (κ3) is 3.95. The number of hydrogen-bond acceptors (Lipinski definition) is 3. The zero-order valence-electron chi connectivity index (χ0n) is 13.4. The van der Waals surface area contributed by atoms with Crippen LogP contribution in [0.4, 0.5) is 10.5 Å². The number of hydrogen-bond donors (Lipinski definition) is 1. The lowest BCUT2D eigenvalue weighted by atomic mass is 9.86. The lowest BCUT2D eigenvalue weighted by Gasteiger charge is -2.19. The first-order chi connectivity index (χ1) is 10.5. The monoisotopic (exact) mass is 317 g/mol. The molecule has 1 unspecified atom stereocenters. The Hall–Kier alpha value is -1.67. The van der Waals surface area contributed by atoms with Crippen LogP contribution in [0.1, 0.15) is 25.8 Å². The summed E-state index contributed by atoms with van der Waals surface area (Å²) in [6.07, 6.45) is 3.19. The van der Waals surface area contributed by atoms with Gasteiger partial charge in [-0.15, -0.1) is 0 Å². The number of urea groups is 1. The van der Waals surface area contributed by atoms with Crippen LogP contribution in [-0.2, 0) is 5.41 Å². The maximum Gasteiger partial charge on any atom is 0.321 e. The van der Waals surface area contributed by atoms with Gasteiger partial charge in [0.15, 0.2) is 0 Å². The van der Waals surface area contributed by atoms with E-state index in [4.69, 9.17) is 5.26 Å². The van der Waals surface area contributed by atoms with E-state index in [1.807, 2.05) is 54.8 Å². The van der Waals surface area contributed by atoms with Crippen molar-refractivity contribution in [3.8, 4) is 6.07 Å². The Morgan fingerprint density at radius 1 is 1.45 bits per heavy atom. The van der Waals surface area contributed by atoms with Gasteiger partial charge in [-0.2, -0.15) is 17.0 Å². The molecule has 1 saturated heterocycles. The van der Waals surface area contributed by atoms with Crippen molar-refractivity contribution in [1.82, 2.24) is 4.90 Å². The van der Waals surface area contributed by atoms with Gasteiger partial charge in [0.1, 0.15) is 0 Å². The summed E-state index contributed by atoms with van der Waals surface area (Å²) in [5.74, 6) is 1.72. The number of nitriles is 1. The lowest BCUT2D eigenvalue weighted by molar-refractivity contribution is 0.221. The Kier molecular flexibility index (Phi) is 5.36. The quantitative estimate of drug-likeness (QED) is 0.921. The number of benzene rings is 1. The average molecular weight is 317 g/mol. The third-order valence-electron chi connectivity index (χ3n) is 4.11. The van der Waals surface area contributed by atoms with Crippen LogP contribution in [0.25, 0.3) is 0 Å². The highest BCUT2D eigenvalue weighted by atomic mass is 32.2. The molecule has 2 amide bonds. The van der Waals surface area contributed by atoms with E-state index < -0.39 is 5.41 Å². The topological polar surface area (TPSA) is 56.1 Å². The largest absolute Gasteiger partial charge is 0.324 e. The minimum Gasteiger partial charge on any atom is -0.324 e. The predicted molar refractivity (Wildman–Crippen MR) is 92.2 cm³/mol. The van der Waals surface area contributed by atoms with Gasteiger partial charge in [0.25, 0.3) is 0 Å². The lowest BCUT2D eigenvalue weighted by Crippen LogP contribution is -2.33. The minimum absolute atomic E-state index is 0.0316. The summed E-state index contributed by atoms with van der Waals surface area (Å²) < 4.78 is 0. The molecule has 5 heteroatoms. The Balaban J connectivity index is 1.94. The molecule has 1 aliphatic rings. The van der Waals surface area contributed by atoms with Gasteiger partial charge >= 0.3 is 6.03 Å². The van der Waals surface area contributed by atoms with Gasteiger partial charge in [-0.3, -0.25) is 0 Å². The fourth-order valence-electron chi connectivity index (χ4n) is 2.63. The first-order valence-corrected chi connectivity index (χ1v) is 8.92. The van der Waals surface area contributed by atoms with Crippen LogP contribution >= 0.6 is 11.8 Å². The van der Waals surface area contributed by atoms with Crippen molar-refractivity contribution in [2.24, 2.45) is 5.92 Å². The number of likely N-dealkylation sites (tertiary alicyclic amines) is 1. The Morgan fingerprint density at radius 2 is 2.14 bits per heavy atom. The molecule has 1 fully saturated rings. The summed E-state index contributed by atoms with van der Waals surface area (Å²) in [7, 11) is 0. The van der Waals surface area contributed by atoms with Crippen molar-refractivity contribution in [2.45, 2.75) is 25.7 Å². The minimum atomic E-state index is -0.511. The van der Waals surface area contributed by atoms with Crippen molar-refractivity contribution in [3.63, 3.8) is 0 Å². The van der Waals surface area contributed by atoms with Crippen LogP contribution in [0.2, 0.25) is 0 Å². The number of nitrogens with zero attached hydrogens (tertiary/aromatic N) is 2. The first kappa shape index (κ1) is 16.7. The fraction of sp³-hybridized carbons (Fsp3) is 0.529. The van der Waals surface area contributed by atoms with E-state index in [0.717, 1.165) is 36.5 Å².